The van der Waals surface area contributed by atoms with Gasteiger partial charge in [0.15, 0.2) is 0 Å². The molecule has 0 spiro atoms. The molecule has 0 bridgehead atoms. The Hall–Kier alpha value is -1.10. The Kier molecular flexibility index (Phi) is 7.54. The van der Waals surface area contributed by atoms with Crippen LogP contribution in [-0.2, 0) is 18.9 Å². The molecule has 2 unspecified atom stereocenters. The molecule has 90 valence electrons. The van der Waals surface area contributed by atoms with Crippen LogP contribution in [-0.4, -0.2) is 42.6 Å². The van der Waals surface area contributed by atoms with E-state index in [9.17, 15) is 14.2 Å². The number of carbonyl (C=O) groups is 2. The molecule has 0 aromatic carbocycles. The van der Waals surface area contributed by atoms with Gasteiger partial charge in [-0.1, -0.05) is 4.57 Å². The van der Waals surface area contributed by atoms with Crippen LogP contribution < -0.4 is 5.32 Å². The molecule has 0 saturated heterocycles. The molecule has 0 aliphatic rings. The summed E-state index contributed by atoms with van der Waals surface area (Å²) in [5, 5.41) is 11.4. The molecule has 0 aromatic heterocycles. The van der Waals surface area contributed by atoms with Crippen LogP contribution in [0.25, 0.3) is 0 Å². The first-order chi connectivity index (χ1) is 7.51. The minimum Gasteiger partial charge on any atom is -0.466 e. The molecular weight excluding hydrogens is 233 g/mol. The van der Waals surface area contributed by atoms with Gasteiger partial charge in [-0.25, -0.2) is 4.79 Å². The van der Waals surface area contributed by atoms with E-state index in [0.717, 1.165) is 6.08 Å². The van der Waals surface area contributed by atoms with Crippen molar-refractivity contribution in [2.24, 2.45) is 0 Å². The van der Waals surface area contributed by atoms with Gasteiger partial charge in [0.1, 0.15) is 5.78 Å². The number of esters is 1. The second-order valence-corrected chi connectivity index (χ2v) is 4.64. The molecule has 0 aliphatic carbocycles. The fraction of sp³-hybridized carbons (Fsp3) is 0.556. The molecule has 0 aromatic rings. The van der Waals surface area contributed by atoms with Gasteiger partial charge in [-0.15, -0.1) is 0 Å². The van der Waals surface area contributed by atoms with E-state index < -0.39 is 25.9 Å². The van der Waals surface area contributed by atoms with E-state index in [1.54, 1.807) is 0 Å². The summed E-state index contributed by atoms with van der Waals surface area (Å²) >= 11 is 0. The Morgan fingerprint density at radius 3 is 2.62 bits per heavy atom. The largest absolute Gasteiger partial charge is 0.466 e. The van der Waals surface area contributed by atoms with E-state index in [1.807, 2.05) is 0 Å². The lowest BCUT2D eigenvalue weighted by Gasteiger charge is -2.02. The summed E-state index contributed by atoms with van der Waals surface area (Å²) in [7, 11) is -0.741. The predicted octanol–water partition coefficient (Wildman–Crippen LogP) is -0.00250. The zero-order valence-corrected chi connectivity index (χ0v) is 10.1. The van der Waals surface area contributed by atoms with Crippen LogP contribution in [0.15, 0.2) is 12.2 Å². The zero-order valence-electron chi connectivity index (χ0n) is 9.17. The molecule has 0 saturated carbocycles. The lowest BCUT2D eigenvalue weighted by atomic mass is 10.4. The van der Waals surface area contributed by atoms with Crippen molar-refractivity contribution in [1.29, 1.82) is 0 Å². The van der Waals surface area contributed by atoms with Crippen molar-refractivity contribution >= 4 is 19.6 Å². The van der Waals surface area contributed by atoms with Crippen molar-refractivity contribution in [1.82, 2.24) is 5.32 Å². The number of ether oxygens (including phenoxy) is 1. The monoisotopic (exact) mass is 248 g/mol. The SMILES string of the molecule is COC(=O)C=CC(NCC(C)=O)[P+](=O)CO. The lowest BCUT2D eigenvalue weighted by molar-refractivity contribution is -0.134. The average molecular weight is 248 g/mol. The van der Waals surface area contributed by atoms with Crippen LogP contribution >= 0.6 is 7.80 Å². The summed E-state index contributed by atoms with van der Waals surface area (Å²) in [6, 6.07) is 0. The van der Waals surface area contributed by atoms with E-state index in [2.05, 4.69) is 10.1 Å². The second kappa shape index (κ2) is 8.10. The molecule has 0 radical (unpaired) electrons. The Labute approximate surface area is 94.5 Å². The Balaban J connectivity index is 4.42. The summed E-state index contributed by atoms with van der Waals surface area (Å²) in [6.45, 7) is 1.40. The van der Waals surface area contributed by atoms with Gasteiger partial charge in [-0.3, -0.25) is 10.1 Å². The number of hydrogen-bond donors (Lipinski definition) is 2. The highest BCUT2D eigenvalue weighted by molar-refractivity contribution is 7.45. The Bertz CT molecular complexity index is 302. The average Bonchev–Trinajstić information content (AvgIpc) is 2.27. The van der Waals surface area contributed by atoms with E-state index in [4.69, 9.17) is 5.11 Å². The maximum absolute atomic E-state index is 11.3. The summed E-state index contributed by atoms with van der Waals surface area (Å²) in [6.07, 6.45) is 1.89. The van der Waals surface area contributed by atoms with Gasteiger partial charge in [0.2, 0.25) is 12.1 Å². The third-order valence-electron chi connectivity index (χ3n) is 1.63. The third-order valence-corrected chi connectivity index (χ3v) is 2.88. The third kappa shape index (κ3) is 6.40. The van der Waals surface area contributed by atoms with E-state index in [1.165, 1.54) is 20.1 Å². The second-order valence-electron chi connectivity index (χ2n) is 2.97. The number of rotatable bonds is 7. The first-order valence-corrected chi connectivity index (χ1v) is 6.06. The van der Waals surface area contributed by atoms with Crippen LogP contribution in [0.4, 0.5) is 0 Å². The minimum absolute atomic E-state index is 0.0251. The maximum atomic E-state index is 11.3. The number of aliphatic hydroxyl groups excluding tert-OH is 1. The Morgan fingerprint density at radius 1 is 1.56 bits per heavy atom. The molecule has 0 rings (SSSR count). The minimum atomic E-state index is -1.96. The summed E-state index contributed by atoms with van der Waals surface area (Å²) in [4.78, 5) is 21.5. The van der Waals surface area contributed by atoms with Crippen LogP contribution in [0.5, 0.6) is 0 Å². The quantitative estimate of drug-likeness (QED) is 0.374. The van der Waals surface area contributed by atoms with Gasteiger partial charge < -0.3 is 9.84 Å². The molecule has 0 fully saturated rings. The fourth-order valence-corrected chi connectivity index (χ4v) is 1.59. The van der Waals surface area contributed by atoms with Crippen molar-refractivity contribution in [2.75, 3.05) is 20.0 Å². The summed E-state index contributed by atoms with van der Waals surface area (Å²) in [5.74, 6) is -1.43. The van der Waals surface area contributed by atoms with Gasteiger partial charge in [0, 0.05) is 6.08 Å². The van der Waals surface area contributed by atoms with Crippen molar-refractivity contribution in [3.05, 3.63) is 12.2 Å². The molecule has 0 amide bonds. The number of Topliss-reactive ketones (excluding diaryl/α,β-unsaturated/α-hetero) is 1. The first kappa shape index (κ1) is 14.9. The van der Waals surface area contributed by atoms with Gasteiger partial charge in [0.05, 0.1) is 13.7 Å². The van der Waals surface area contributed by atoms with Gasteiger partial charge in [-0.2, -0.15) is 0 Å². The van der Waals surface area contributed by atoms with Crippen molar-refractivity contribution in [2.45, 2.75) is 12.7 Å². The standard InChI is InChI=1S/C9H15NO5P/c1-7(12)5-10-8(16(14)6-11)3-4-9(13)15-2/h3-4,8,10-11H,5-6H2,1-2H3/q+1. The number of ketones is 1. The fourth-order valence-electron chi connectivity index (χ4n) is 0.840. The highest BCUT2D eigenvalue weighted by atomic mass is 31.1. The predicted molar refractivity (Wildman–Crippen MR) is 58.3 cm³/mol. The topological polar surface area (TPSA) is 92.7 Å². The van der Waals surface area contributed by atoms with Crippen LogP contribution in [0, 0.1) is 0 Å². The number of carbonyl (C=O) groups excluding carboxylic acids is 2. The number of methoxy groups -OCH3 is 1. The van der Waals surface area contributed by atoms with Crippen molar-refractivity contribution in [3.63, 3.8) is 0 Å². The van der Waals surface area contributed by atoms with Crippen LogP contribution in [0.3, 0.4) is 0 Å². The van der Waals surface area contributed by atoms with Crippen molar-refractivity contribution in [3.8, 4) is 0 Å². The van der Waals surface area contributed by atoms with E-state index in [0.29, 0.717) is 0 Å². The lowest BCUT2D eigenvalue weighted by Crippen LogP contribution is -2.29. The molecule has 2 N–H and O–H groups in total. The number of hydrogen-bond acceptors (Lipinski definition) is 6. The normalized spacial score (nSPS) is 13.6. The summed E-state index contributed by atoms with van der Waals surface area (Å²) < 4.78 is 15.7. The first-order valence-electron chi connectivity index (χ1n) is 4.54. The van der Waals surface area contributed by atoms with Crippen LogP contribution in [0.2, 0.25) is 0 Å². The van der Waals surface area contributed by atoms with Gasteiger partial charge >= 0.3 is 13.8 Å². The zero-order chi connectivity index (χ0) is 12.6. The Morgan fingerprint density at radius 2 is 2.19 bits per heavy atom. The van der Waals surface area contributed by atoms with Gasteiger partial charge in [0.25, 0.3) is 0 Å². The highest BCUT2D eigenvalue weighted by Crippen LogP contribution is 2.25. The molecular formula is C9H15NO5P+. The van der Waals surface area contributed by atoms with E-state index >= 15 is 0 Å². The van der Waals surface area contributed by atoms with Gasteiger partial charge in [-0.05, 0) is 13.0 Å². The number of aliphatic hydroxyl groups is 1. The molecule has 2 atom stereocenters. The smallest absolute Gasteiger partial charge is 0.389 e. The molecule has 16 heavy (non-hydrogen) atoms. The molecule has 6 nitrogen and oxygen atoms in total. The van der Waals surface area contributed by atoms with Crippen molar-refractivity contribution < 1.29 is 24.0 Å². The highest BCUT2D eigenvalue weighted by Gasteiger charge is 2.26. The molecule has 0 heterocycles. The maximum Gasteiger partial charge on any atom is 0.389 e. The molecule has 7 heteroatoms. The number of nitrogens with one attached hydrogen (secondary N) is 1. The molecule has 0 aliphatic heterocycles. The summed E-state index contributed by atoms with van der Waals surface area (Å²) in [5.41, 5.74) is 0. The van der Waals surface area contributed by atoms with E-state index in [-0.39, 0.29) is 12.3 Å². The van der Waals surface area contributed by atoms with Crippen LogP contribution in [0.1, 0.15) is 6.92 Å².